The van der Waals surface area contributed by atoms with Gasteiger partial charge in [0.2, 0.25) is 0 Å². The van der Waals surface area contributed by atoms with Gasteiger partial charge in [0.25, 0.3) is 0 Å². The predicted molar refractivity (Wildman–Crippen MR) is 65.7 cm³/mol. The quantitative estimate of drug-likeness (QED) is 0.816. The summed E-state index contributed by atoms with van der Waals surface area (Å²) >= 11 is 1.76. The summed E-state index contributed by atoms with van der Waals surface area (Å²) in [6.07, 6.45) is 0. The van der Waals surface area contributed by atoms with Crippen LogP contribution in [-0.2, 0) is 0 Å². The summed E-state index contributed by atoms with van der Waals surface area (Å²) in [5.74, 6) is 0. The van der Waals surface area contributed by atoms with Crippen LogP contribution >= 0.6 is 11.3 Å². The molecule has 0 bridgehead atoms. The summed E-state index contributed by atoms with van der Waals surface area (Å²) in [4.78, 5) is 14.4. The van der Waals surface area contributed by atoms with Gasteiger partial charge < -0.3 is 15.5 Å². The Kier molecular flexibility index (Phi) is 3.79. The minimum absolute atomic E-state index is 0.0607. The Morgan fingerprint density at radius 2 is 2.56 bits per heavy atom. The maximum Gasteiger partial charge on any atom is 0.317 e. The molecular formula is C11H17N3OS. The number of carbonyl (C=O) groups excluding carboxylic acids is 1. The summed E-state index contributed by atoms with van der Waals surface area (Å²) in [6, 6.07) is 4.62. The lowest BCUT2D eigenvalue weighted by molar-refractivity contribution is 0.217. The van der Waals surface area contributed by atoms with Crippen LogP contribution in [0.2, 0.25) is 0 Å². The van der Waals surface area contributed by atoms with Gasteiger partial charge in [-0.15, -0.1) is 11.3 Å². The highest BCUT2D eigenvalue weighted by atomic mass is 32.1. The van der Waals surface area contributed by atoms with E-state index in [4.69, 9.17) is 0 Å². The van der Waals surface area contributed by atoms with Crippen molar-refractivity contribution in [1.29, 1.82) is 0 Å². The first kappa shape index (κ1) is 11.4. The average molecular weight is 239 g/mol. The van der Waals surface area contributed by atoms with E-state index >= 15 is 0 Å². The molecule has 1 aromatic rings. The van der Waals surface area contributed by atoms with Crippen molar-refractivity contribution in [3.8, 4) is 0 Å². The van der Waals surface area contributed by atoms with Crippen molar-refractivity contribution in [2.24, 2.45) is 0 Å². The Morgan fingerprint density at radius 1 is 1.69 bits per heavy atom. The molecule has 4 nitrogen and oxygen atoms in total. The van der Waals surface area contributed by atoms with Gasteiger partial charge in [-0.25, -0.2) is 4.79 Å². The fourth-order valence-electron chi connectivity index (χ4n) is 1.78. The summed E-state index contributed by atoms with van der Waals surface area (Å²) in [5.41, 5.74) is 0. The van der Waals surface area contributed by atoms with Gasteiger partial charge in [-0.05, 0) is 18.4 Å². The van der Waals surface area contributed by atoms with E-state index in [2.05, 4.69) is 35.1 Å². The smallest absolute Gasteiger partial charge is 0.317 e. The molecule has 1 fully saturated rings. The molecule has 16 heavy (non-hydrogen) atoms. The van der Waals surface area contributed by atoms with Gasteiger partial charge in [0, 0.05) is 37.1 Å². The molecule has 2 heterocycles. The maximum atomic E-state index is 11.3. The van der Waals surface area contributed by atoms with Crippen molar-refractivity contribution >= 4 is 17.4 Å². The SMILES string of the molecule is CC(NCCN1CCNC1=O)c1cccs1. The second-order valence-corrected chi connectivity index (χ2v) is 4.89. The third-order valence-corrected chi connectivity index (χ3v) is 3.80. The van der Waals surface area contributed by atoms with Gasteiger partial charge in [0.05, 0.1) is 0 Å². The van der Waals surface area contributed by atoms with Gasteiger partial charge >= 0.3 is 6.03 Å². The molecule has 0 radical (unpaired) electrons. The van der Waals surface area contributed by atoms with Crippen LogP contribution in [0.15, 0.2) is 17.5 Å². The molecule has 2 amide bonds. The van der Waals surface area contributed by atoms with E-state index in [1.807, 2.05) is 4.90 Å². The Labute approximate surface area is 99.6 Å². The van der Waals surface area contributed by atoms with E-state index in [9.17, 15) is 4.79 Å². The van der Waals surface area contributed by atoms with E-state index < -0.39 is 0 Å². The summed E-state index contributed by atoms with van der Waals surface area (Å²) in [6.45, 7) is 5.37. The molecule has 0 spiro atoms. The fourth-order valence-corrected chi connectivity index (χ4v) is 2.54. The number of thiophene rings is 1. The standard InChI is InChI=1S/C11H17N3OS/c1-9(10-3-2-8-16-10)12-4-6-14-7-5-13-11(14)15/h2-3,8-9,12H,4-7H2,1H3,(H,13,15). The predicted octanol–water partition coefficient (Wildman–Crippen LogP) is 1.42. The van der Waals surface area contributed by atoms with Crippen molar-refractivity contribution in [1.82, 2.24) is 15.5 Å². The van der Waals surface area contributed by atoms with Crippen LogP contribution in [-0.4, -0.2) is 37.1 Å². The highest BCUT2D eigenvalue weighted by molar-refractivity contribution is 7.10. The summed E-state index contributed by atoms with van der Waals surface area (Å²) in [5, 5.41) is 8.30. The maximum absolute atomic E-state index is 11.3. The zero-order chi connectivity index (χ0) is 11.4. The van der Waals surface area contributed by atoms with E-state index in [1.54, 1.807) is 11.3 Å². The molecule has 2 rings (SSSR count). The van der Waals surface area contributed by atoms with Crippen molar-refractivity contribution in [2.75, 3.05) is 26.2 Å². The summed E-state index contributed by atoms with van der Waals surface area (Å²) in [7, 11) is 0. The van der Waals surface area contributed by atoms with Crippen molar-refractivity contribution in [3.63, 3.8) is 0 Å². The molecule has 0 saturated carbocycles. The second-order valence-electron chi connectivity index (χ2n) is 3.91. The molecule has 1 aliphatic rings. The molecular weight excluding hydrogens is 222 g/mol. The highest BCUT2D eigenvalue weighted by Crippen LogP contribution is 2.17. The van der Waals surface area contributed by atoms with Gasteiger partial charge in [0.1, 0.15) is 0 Å². The van der Waals surface area contributed by atoms with Crippen molar-refractivity contribution in [3.05, 3.63) is 22.4 Å². The molecule has 0 aromatic carbocycles. The third kappa shape index (κ3) is 2.74. The zero-order valence-corrected chi connectivity index (χ0v) is 10.2. The first-order chi connectivity index (χ1) is 7.77. The zero-order valence-electron chi connectivity index (χ0n) is 9.40. The number of rotatable bonds is 5. The molecule has 1 aliphatic heterocycles. The van der Waals surface area contributed by atoms with Crippen molar-refractivity contribution < 1.29 is 4.79 Å². The van der Waals surface area contributed by atoms with E-state index in [0.717, 1.165) is 26.2 Å². The Hall–Kier alpha value is -1.07. The molecule has 1 aromatic heterocycles. The van der Waals surface area contributed by atoms with E-state index in [0.29, 0.717) is 6.04 Å². The Balaban J connectivity index is 1.70. The molecule has 88 valence electrons. The number of hydrogen-bond donors (Lipinski definition) is 2. The van der Waals surface area contributed by atoms with Crippen LogP contribution in [0.5, 0.6) is 0 Å². The van der Waals surface area contributed by atoms with Crippen LogP contribution in [0.3, 0.4) is 0 Å². The first-order valence-corrected chi connectivity index (χ1v) is 6.45. The van der Waals surface area contributed by atoms with Gasteiger partial charge in [-0.3, -0.25) is 0 Å². The van der Waals surface area contributed by atoms with Crippen LogP contribution in [0.1, 0.15) is 17.8 Å². The number of hydrogen-bond acceptors (Lipinski definition) is 3. The minimum Gasteiger partial charge on any atom is -0.336 e. The monoisotopic (exact) mass is 239 g/mol. The molecule has 1 atom stereocenters. The lowest BCUT2D eigenvalue weighted by atomic mass is 10.3. The van der Waals surface area contributed by atoms with Crippen LogP contribution in [0.25, 0.3) is 0 Å². The number of nitrogens with zero attached hydrogens (tertiary/aromatic N) is 1. The molecule has 1 unspecified atom stereocenters. The van der Waals surface area contributed by atoms with Crippen LogP contribution in [0.4, 0.5) is 4.79 Å². The number of nitrogens with one attached hydrogen (secondary N) is 2. The minimum atomic E-state index is 0.0607. The topological polar surface area (TPSA) is 44.4 Å². The molecule has 2 N–H and O–H groups in total. The second kappa shape index (κ2) is 5.32. The molecule has 5 heteroatoms. The van der Waals surface area contributed by atoms with Gasteiger partial charge in [0.15, 0.2) is 0 Å². The summed E-state index contributed by atoms with van der Waals surface area (Å²) < 4.78 is 0. The molecule has 0 aliphatic carbocycles. The highest BCUT2D eigenvalue weighted by Gasteiger charge is 2.18. The Morgan fingerprint density at radius 3 is 3.19 bits per heavy atom. The number of carbonyl (C=O) groups is 1. The largest absolute Gasteiger partial charge is 0.336 e. The average Bonchev–Trinajstić information content (AvgIpc) is 2.90. The number of amides is 2. The molecule has 1 saturated heterocycles. The van der Waals surface area contributed by atoms with Crippen LogP contribution in [0, 0.1) is 0 Å². The number of urea groups is 1. The van der Waals surface area contributed by atoms with Crippen molar-refractivity contribution in [2.45, 2.75) is 13.0 Å². The van der Waals surface area contributed by atoms with Crippen LogP contribution < -0.4 is 10.6 Å². The fraction of sp³-hybridized carbons (Fsp3) is 0.545. The normalized spacial score (nSPS) is 17.6. The van der Waals surface area contributed by atoms with E-state index in [1.165, 1.54) is 4.88 Å². The third-order valence-electron chi connectivity index (χ3n) is 2.75. The lowest BCUT2D eigenvalue weighted by Crippen LogP contribution is -2.35. The van der Waals surface area contributed by atoms with Gasteiger partial charge in [-0.2, -0.15) is 0 Å². The van der Waals surface area contributed by atoms with Gasteiger partial charge in [-0.1, -0.05) is 6.07 Å². The first-order valence-electron chi connectivity index (χ1n) is 5.57. The Bertz CT molecular complexity index is 339. The lowest BCUT2D eigenvalue weighted by Gasteiger charge is -2.17. The van der Waals surface area contributed by atoms with E-state index in [-0.39, 0.29) is 6.03 Å².